The summed E-state index contributed by atoms with van der Waals surface area (Å²) in [6.07, 6.45) is -6.76. The molecule has 0 heterocycles. The first kappa shape index (κ1) is 13.6. The van der Waals surface area contributed by atoms with Crippen molar-refractivity contribution in [3.63, 3.8) is 0 Å². The Kier molecular flexibility index (Phi) is 3.84. The van der Waals surface area contributed by atoms with Crippen molar-refractivity contribution in [2.24, 2.45) is 5.73 Å². The van der Waals surface area contributed by atoms with E-state index < -0.39 is 36.2 Å². The minimum atomic E-state index is -4.58. The van der Waals surface area contributed by atoms with Crippen LogP contribution in [-0.4, -0.2) is 27.5 Å². The molecular weight excluding hydrogens is 239 g/mol. The molecule has 0 unspecified atom stereocenters. The van der Waals surface area contributed by atoms with Crippen LogP contribution in [0.4, 0.5) is 13.2 Å². The number of aliphatic hydroxyl groups is 1. The molecule has 1 aromatic rings. The van der Waals surface area contributed by atoms with Crippen molar-refractivity contribution in [2.45, 2.75) is 24.7 Å². The van der Waals surface area contributed by atoms with Crippen LogP contribution in [0.25, 0.3) is 0 Å². The van der Waals surface area contributed by atoms with E-state index in [2.05, 4.69) is 0 Å². The van der Waals surface area contributed by atoms with E-state index in [4.69, 9.17) is 15.9 Å². The third kappa shape index (κ3) is 3.50. The first-order chi connectivity index (χ1) is 7.71. The van der Waals surface area contributed by atoms with Crippen LogP contribution in [0, 0.1) is 0 Å². The van der Waals surface area contributed by atoms with E-state index >= 15 is 0 Å². The highest BCUT2D eigenvalue weighted by atomic mass is 19.4. The third-order valence-corrected chi connectivity index (χ3v) is 2.28. The van der Waals surface area contributed by atoms with Crippen molar-refractivity contribution in [1.82, 2.24) is 0 Å². The number of halogens is 3. The van der Waals surface area contributed by atoms with Gasteiger partial charge in [0.05, 0.1) is 6.10 Å². The highest BCUT2D eigenvalue weighted by Crippen LogP contribution is 2.31. The van der Waals surface area contributed by atoms with Crippen molar-refractivity contribution in [1.29, 1.82) is 0 Å². The van der Waals surface area contributed by atoms with Crippen LogP contribution in [0.15, 0.2) is 18.2 Å². The number of aliphatic hydroxyl groups excluding tert-OH is 1. The normalized spacial score (nSPS) is 15.6. The Morgan fingerprint density at radius 2 is 1.76 bits per heavy atom. The number of alkyl halides is 3. The van der Waals surface area contributed by atoms with Crippen LogP contribution in [-0.2, 0) is 0 Å². The molecule has 0 aliphatic rings. The Hall–Kier alpha value is -1.47. The van der Waals surface area contributed by atoms with Crippen molar-refractivity contribution in [2.75, 3.05) is 0 Å². The van der Waals surface area contributed by atoms with E-state index in [1.54, 1.807) is 0 Å². The van der Waals surface area contributed by atoms with Gasteiger partial charge in [-0.05, 0) is 17.7 Å². The molecule has 0 fully saturated rings. The smallest absolute Gasteiger partial charge is 0.403 e. The number of hydrogen-bond acceptors (Lipinski definition) is 4. The van der Waals surface area contributed by atoms with Crippen LogP contribution < -0.4 is 5.73 Å². The van der Waals surface area contributed by atoms with E-state index in [-0.39, 0.29) is 5.56 Å². The van der Waals surface area contributed by atoms with Crippen molar-refractivity contribution in [3.8, 4) is 11.5 Å². The number of rotatable bonds is 3. The van der Waals surface area contributed by atoms with Crippen molar-refractivity contribution in [3.05, 3.63) is 23.8 Å². The van der Waals surface area contributed by atoms with Gasteiger partial charge < -0.3 is 21.1 Å². The lowest BCUT2D eigenvalue weighted by Crippen LogP contribution is -2.38. The number of phenolic OH excluding ortho intramolecular Hbond substituents is 2. The molecule has 7 heteroatoms. The zero-order valence-corrected chi connectivity index (χ0v) is 8.65. The third-order valence-electron chi connectivity index (χ3n) is 2.28. The zero-order valence-electron chi connectivity index (χ0n) is 8.65. The van der Waals surface area contributed by atoms with Gasteiger partial charge in [-0.25, -0.2) is 0 Å². The van der Waals surface area contributed by atoms with Crippen LogP contribution in [0.1, 0.15) is 18.1 Å². The van der Waals surface area contributed by atoms with Crippen LogP contribution in [0.2, 0.25) is 0 Å². The fourth-order valence-corrected chi connectivity index (χ4v) is 1.26. The maximum absolute atomic E-state index is 12.1. The molecule has 2 atom stereocenters. The van der Waals surface area contributed by atoms with Crippen LogP contribution in [0.5, 0.6) is 11.5 Å². The summed E-state index contributed by atoms with van der Waals surface area (Å²) in [6, 6.07) is 1.13. The molecule has 0 saturated heterocycles. The standard InChI is InChI=1S/C10H12F3NO3/c11-10(12,13)9(14)4-7(16)5-1-2-6(15)8(17)3-5/h1-3,7,9,15-17H,4,14H2/t7-,9-/m0/s1. The zero-order chi connectivity index (χ0) is 13.2. The molecular formula is C10H12F3NO3. The molecule has 4 nitrogen and oxygen atoms in total. The lowest BCUT2D eigenvalue weighted by atomic mass is 10.0. The highest BCUT2D eigenvalue weighted by molar-refractivity contribution is 5.41. The SMILES string of the molecule is N[C@@H](C[C@H](O)c1ccc(O)c(O)c1)C(F)(F)F. The summed E-state index contributed by atoms with van der Waals surface area (Å²) in [7, 11) is 0. The van der Waals surface area contributed by atoms with Gasteiger partial charge in [0, 0.05) is 6.42 Å². The number of nitrogens with two attached hydrogens (primary N) is 1. The number of hydrogen-bond donors (Lipinski definition) is 4. The average Bonchev–Trinajstić information content (AvgIpc) is 2.20. The average molecular weight is 251 g/mol. The number of phenols is 2. The minimum Gasteiger partial charge on any atom is -0.504 e. The van der Waals surface area contributed by atoms with Gasteiger partial charge in [0.25, 0.3) is 0 Å². The van der Waals surface area contributed by atoms with Gasteiger partial charge >= 0.3 is 6.18 Å². The van der Waals surface area contributed by atoms with E-state index in [1.165, 1.54) is 6.07 Å². The van der Waals surface area contributed by atoms with E-state index in [1.807, 2.05) is 0 Å². The second-order valence-corrected chi connectivity index (χ2v) is 3.65. The van der Waals surface area contributed by atoms with Crippen LogP contribution >= 0.6 is 0 Å². The molecule has 1 aromatic carbocycles. The van der Waals surface area contributed by atoms with Gasteiger partial charge in [-0.3, -0.25) is 0 Å². The molecule has 0 radical (unpaired) electrons. The Balaban J connectivity index is 2.76. The monoisotopic (exact) mass is 251 g/mol. The van der Waals surface area contributed by atoms with Gasteiger partial charge in [-0.2, -0.15) is 13.2 Å². The summed E-state index contributed by atoms with van der Waals surface area (Å²) in [4.78, 5) is 0. The topological polar surface area (TPSA) is 86.7 Å². The summed E-state index contributed by atoms with van der Waals surface area (Å²) in [5.41, 5.74) is 4.92. The lowest BCUT2D eigenvalue weighted by Gasteiger charge is -2.19. The molecule has 0 aliphatic heterocycles. The first-order valence-electron chi connectivity index (χ1n) is 4.74. The lowest BCUT2D eigenvalue weighted by molar-refractivity contribution is -0.153. The Morgan fingerprint density at radius 1 is 1.18 bits per heavy atom. The van der Waals surface area contributed by atoms with Gasteiger partial charge in [0.1, 0.15) is 6.04 Å². The Bertz CT molecular complexity index is 395. The van der Waals surface area contributed by atoms with E-state index in [0.717, 1.165) is 12.1 Å². The number of benzene rings is 1. The first-order valence-corrected chi connectivity index (χ1v) is 4.74. The molecule has 96 valence electrons. The maximum Gasteiger partial charge on any atom is 0.403 e. The van der Waals surface area contributed by atoms with Gasteiger partial charge in [-0.1, -0.05) is 6.07 Å². The summed E-state index contributed by atoms with van der Waals surface area (Å²) >= 11 is 0. The van der Waals surface area contributed by atoms with Crippen molar-refractivity contribution >= 4 is 0 Å². The Morgan fingerprint density at radius 3 is 2.24 bits per heavy atom. The maximum atomic E-state index is 12.1. The second-order valence-electron chi connectivity index (χ2n) is 3.65. The summed E-state index contributed by atoms with van der Waals surface area (Å²) in [5, 5.41) is 27.6. The largest absolute Gasteiger partial charge is 0.504 e. The molecule has 1 rings (SSSR count). The van der Waals surface area contributed by atoms with Crippen LogP contribution in [0.3, 0.4) is 0 Å². The molecule has 5 N–H and O–H groups in total. The van der Waals surface area contributed by atoms with Gasteiger partial charge in [0.2, 0.25) is 0 Å². The fourth-order valence-electron chi connectivity index (χ4n) is 1.26. The molecule has 17 heavy (non-hydrogen) atoms. The highest BCUT2D eigenvalue weighted by Gasteiger charge is 2.38. The molecule has 0 aliphatic carbocycles. The predicted molar refractivity (Wildman–Crippen MR) is 53.4 cm³/mol. The molecule has 0 aromatic heterocycles. The summed E-state index contributed by atoms with van der Waals surface area (Å²) in [5.74, 6) is -0.928. The number of aromatic hydroxyl groups is 2. The predicted octanol–water partition coefficient (Wildman–Crippen LogP) is 1.41. The summed E-state index contributed by atoms with van der Waals surface area (Å²) < 4.78 is 36.4. The van der Waals surface area contributed by atoms with E-state index in [0.29, 0.717) is 0 Å². The molecule has 0 spiro atoms. The van der Waals surface area contributed by atoms with Gasteiger partial charge in [-0.15, -0.1) is 0 Å². The van der Waals surface area contributed by atoms with Crippen molar-refractivity contribution < 1.29 is 28.5 Å². The summed E-state index contributed by atoms with van der Waals surface area (Å²) in [6.45, 7) is 0. The second kappa shape index (κ2) is 4.80. The minimum absolute atomic E-state index is 0.0556. The Labute approximate surface area is 95.1 Å². The molecule has 0 amide bonds. The van der Waals surface area contributed by atoms with Gasteiger partial charge in [0.15, 0.2) is 11.5 Å². The molecule has 0 saturated carbocycles. The molecule has 0 bridgehead atoms. The van der Waals surface area contributed by atoms with E-state index in [9.17, 15) is 18.3 Å². The fraction of sp³-hybridized carbons (Fsp3) is 0.400. The quantitative estimate of drug-likeness (QED) is 0.612.